The number of methoxy groups -OCH3 is 1. The third-order valence-electron chi connectivity index (χ3n) is 4.64. The molecule has 0 bridgehead atoms. The van der Waals surface area contributed by atoms with E-state index in [1.54, 1.807) is 32.9 Å². The average molecular weight is 497 g/mol. The van der Waals surface area contributed by atoms with Gasteiger partial charge in [-0.15, -0.1) is 0 Å². The minimum atomic E-state index is -4.05. The molecular weight excluding hydrogens is 468 g/mol. The van der Waals surface area contributed by atoms with Gasteiger partial charge in [-0.05, 0) is 57.5 Å². The molecule has 0 aliphatic heterocycles. The van der Waals surface area contributed by atoms with Crippen molar-refractivity contribution in [2.24, 2.45) is 9.39 Å². The van der Waals surface area contributed by atoms with Crippen LogP contribution in [0.5, 0.6) is 0 Å². The third kappa shape index (κ3) is 7.13. The number of aryl methyl sites for hydroxylation is 1. The molecule has 0 saturated carbocycles. The number of benzene rings is 2. The molecule has 2 aromatic carbocycles. The molecule has 9 heteroatoms. The van der Waals surface area contributed by atoms with Gasteiger partial charge in [-0.2, -0.15) is 17.8 Å². The predicted molar refractivity (Wildman–Crippen MR) is 134 cm³/mol. The van der Waals surface area contributed by atoms with E-state index < -0.39 is 21.7 Å². The molecule has 1 aliphatic carbocycles. The number of nitrogens with zero attached hydrogens (tertiary/aromatic N) is 2. The molecule has 1 amide bonds. The zero-order chi connectivity index (χ0) is 25.6. The van der Waals surface area contributed by atoms with Crippen molar-refractivity contribution in [3.63, 3.8) is 0 Å². The van der Waals surface area contributed by atoms with Crippen LogP contribution < -0.4 is 0 Å². The standard InChI is InChI=1S/C26H28N2O6S/c1-18-11-13-20(14-12-18)35(30,31)28-22-16-15-21(27-25(29)34-26(2,3)4)23(32-5)24(22)33-17-19-9-7-6-8-10-19/h6-16H,17H2,1-5H3/b27-21+,28-22+. The highest BCUT2D eigenvalue weighted by molar-refractivity contribution is 7.90. The third-order valence-corrected chi connectivity index (χ3v) is 5.95. The fraction of sp³-hybridized carbons (Fsp3) is 0.269. The van der Waals surface area contributed by atoms with Crippen LogP contribution >= 0.6 is 0 Å². The van der Waals surface area contributed by atoms with Gasteiger partial charge in [0.15, 0.2) is 11.5 Å². The number of sulfonamides is 1. The van der Waals surface area contributed by atoms with Gasteiger partial charge in [0, 0.05) is 0 Å². The molecule has 35 heavy (non-hydrogen) atoms. The quantitative estimate of drug-likeness (QED) is 0.513. The molecule has 0 heterocycles. The summed E-state index contributed by atoms with van der Waals surface area (Å²) in [4.78, 5) is 16.3. The predicted octanol–water partition coefficient (Wildman–Crippen LogP) is 5.15. The number of amides is 1. The van der Waals surface area contributed by atoms with E-state index in [1.165, 1.54) is 31.4 Å². The molecule has 0 atom stereocenters. The smallest absolute Gasteiger partial charge is 0.434 e. The summed E-state index contributed by atoms with van der Waals surface area (Å²) in [5, 5.41) is 0. The van der Waals surface area contributed by atoms with E-state index in [9.17, 15) is 13.2 Å². The molecule has 3 rings (SSSR count). The topological polar surface area (TPSA) is 104 Å². The van der Waals surface area contributed by atoms with Crippen LogP contribution in [0.2, 0.25) is 0 Å². The Morgan fingerprint density at radius 3 is 2.14 bits per heavy atom. The Balaban J connectivity index is 2.05. The lowest BCUT2D eigenvalue weighted by atomic mass is 10.1. The lowest BCUT2D eigenvalue weighted by Crippen LogP contribution is -2.24. The first kappa shape index (κ1) is 25.9. The fourth-order valence-corrected chi connectivity index (χ4v) is 4.03. The number of rotatable bonds is 6. The number of ether oxygens (including phenoxy) is 3. The Hall–Kier alpha value is -3.72. The van der Waals surface area contributed by atoms with E-state index in [2.05, 4.69) is 9.39 Å². The summed E-state index contributed by atoms with van der Waals surface area (Å²) in [6.07, 6.45) is 2.03. The second-order valence-corrected chi connectivity index (χ2v) is 10.3. The Bertz CT molecular complexity index is 1300. The van der Waals surface area contributed by atoms with Gasteiger partial charge in [0.05, 0.1) is 12.0 Å². The molecule has 0 spiro atoms. The van der Waals surface area contributed by atoms with E-state index in [-0.39, 0.29) is 34.4 Å². The van der Waals surface area contributed by atoms with E-state index >= 15 is 0 Å². The maximum atomic E-state index is 13.0. The van der Waals surface area contributed by atoms with E-state index in [0.717, 1.165) is 11.1 Å². The summed E-state index contributed by atoms with van der Waals surface area (Å²) in [6.45, 7) is 7.15. The Morgan fingerprint density at radius 2 is 1.54 bits per heavy atom. The van der Waals surface area contributed by atoms with Crippen molar-refractivity contribution in [2.75, 3.05) is 7.11 Å². The Morgan fingerprint density at radius 1 is 0.914 bits per heavy atom. The van der Waals surface area contributed by atoms with Crippen molar-refractivity contribution in [3.8, 4) is 0 Å². The number of aliphatic imine (C=N–C) groups is 1. The van der Waals surface area contributed by atoms with Crippen LogP contribution in [0, 0.1) is 6.92 Å². The van der Waals surface area contributed by atoms with Crippen molar-refractivity contribution in [1.29, 1.82) is 0 Å². The first-order valence-electron chi connectivity index (χ1n) is 10.9. The summed E-state index contributed by atoms with van der Waals surface area (Å²) < 4.78 is 46.7. The van der Waals surface area contributed by atoms with Gasteiger partial charge in [-0.25, -0.2) is 4.79 Å². The zero-order valence-corrected chi connectivity index (χ0v) is 21.1. The highest BCUT2D eigenvalue weighted by Crippen LogP contribution is 2.23. The Labute approximate surface area is 205 Å². The Kier molecular flexibility index (Phi) is 7.91. The van der Waals surface area contributed by atoms with Gasteiger partial charge in [-0.3, -0.25) is 0 Å². The van der Waals surface area contributed by atoms with Crippen LogP contribution in [0.25, 0.3) is 0 Å². The van der Waals surface area contributed by atoms with Crippen LogP contribution in [0.4, 0.5) is 4.79 Å². The number of hydrogen-bond donors (Lipinski definition) is 0. The number of allylic oxidation sites excluding steroid dienone is 2. The molecule has 0 fully saturated rings. The maximum Gasteiger partial charge on any atom is 0.434 e. The first-order chi connectivity index (χ1) is 16.5. The van der Waals surface area contributed by atoms with Crippen LogP contribution in [0.3, 0.4) is 0 Å². The van der Waals surface area contributed by atoms with Gasteiger partial charge in [-0.1, -0.05) is 48.0 Å². The van der Waals surface area contributed by atoms with Crippen molar-refractivity contribution >= 4 is 27.5 Å². The molecule has 8 nitrogen and oxygen atoms in total. The molecule has 184 valence electrons. The van der Waals surface area contributed by atoms with Crippen LogP contribution in [-0.2, 0) is 30.8 Å². The molecule has 0 unspecified atom stereocenters. The highest BCUT2D eigenvalue weighted by Gasteiger charge is 2.27. The molecule has 0 aromatic heterocycles. The van der Waals surface area contributed by atoms with Crippen molar-refractivity contribution in [2.45, 2.75) is 44.8 Å². The van der Waals surface area contributed by atoms with Gasteiger partial charge in [0.25, 0.3) is 10.0 Å². The minimum Gasteiger partial charge on any atom is -0.491 e. The van der Waals surface area contributed by atoms with Gasteiger partial charge >= 0.3 is 6.09 Å². The number of carbonyl (C=O) groups is 1. The van der Waals surface area contributed by atoms with Crippen LogP contribution in [-0.4, -0.2) is 38.6 Å². The summed E-state index contributed by atoms with van der Waals surface area (Å²) >= 11 is 0. The van der Waals surface area contributed by atoms with E-state index in [4.69, 9.17) is 14.2 Å². The van der Waals surface area contributed by atoms with E-state index in [1.807, 2.05) is 37.3 Å². The SMILES string of the molecule is COC1=C(OCc2ccccc2)C(=N/S(=O)(=O)c2ccc(C)cc2)/C=CC/1=N\C(=O)OC(C)(C)C. The largest absolute Gasteiger partial charge is 0.491 e. The number of hydrogen-bond acceptors (Lipinski definition) is 6. The molecule has 1 aliphatic rings. The molecule has 2 aromatic rings. The van der Waals surface area contributed by atoms with Crippen molar-refractivity contribution in [3.05, 3.63) is 89.4 Å². The van der Waals surface area contributed by atoms with Gasteiger partial charge < -0.3 is 14.2 Å². The van der Waals surface area contributed by atoms with Gasteiger partial charge in [0.2, 0.25) is 0 Å². The van der Waals surface area contributed by atoms with Gasteiger partial charge in [0.1, 0.15) is 23.6 Å². The summed E-state index contributed by atoms with van der Waals surface area (Å²) in [5.41, 5.74) is 1.16. The minimum absolute atomic E-state index is 0.0153. The second-order valence-electron chi connectivity index (χ2n) is 8.71. The highest BCUT2D eigenvalue weighted by atomic mass is 32.2. The lowest BCUT2D eigenvalue weighted by molar-refractivity contribution is 0.0603. The first-order valence-corrected chi connectivity index (χ1v) is 12.3. The zero-order valence-electron chi connectivity index (χ0n) is 20.3. The van der Waals surface area contributed by atoms with E-state index in [0.29, 0.717) is 0 Å². The molecule has 0 saturated heterocycles. The normalized spacial score (nSPS) is 16.5. The molecule has 0 N–H and O–H groups in total. The van der Waals surface area contributed by atoms with Crippen molar-refractivity contribution < 1.29 is 27.4 Å². The summed E-state index contributed by atoms with van der Waals surface area (Å²) in [7, 11) is -2.68. The monoisotopic (exact) mass is 496 g/mol. The summed E-state index contributed by atoms with van der Waals surface area (Å²) in [6, 6.07) is 15.7. The average Bonchev–Trinajstić information content (AvgIpc) is 2.78. The molecular formula is C26H28N2O6S. The lowest BCUT2D eigenvalue weighted by Gasteiger charge is -2.20. The van der Waals surface area contributed by atoms with Crippen LogP contribution in [0.15, 0.2) is 92.6 Å². The van der Waals surface area contributed by atoms with Crippen molar-refractivity contribution in [1.82, 2.24) is 0 Å². The maximum absolute atomic E-state index is 13.0. The number of carbonyl (C=O) groups excluding carboxylic acids is 1. The fourth-order valence-electron chi connectivity index (χ4n) is 3.04. The van der Waals surface area contributed by atoms with Crippen LogP contribution in [0.1, 0.15) is 31.9 Å². The summed E-state index contributed by atoms with van der Waals surface area (Å²) in [5.74, 6) is 0.101. The molecule has 0 radical (unpaired) electrons. The second kappa shape index (κ2) is 10.7.